The highest BCUT2D eigenvalue weighted by molar-refractivity contribution is 5.74. The molecule has 1 aromatic rings. The Kier molecular flexibility index (Phi) is 7.22. The van der Waals surface area contributed by atoms with Gasteiger partial charge >= 0.3 is 6.03 Å². The summed E-state index contributed by atoms with van der Waals surface area (Å²) in [4.78, 5) is 15.8. The van der Waals surface area contributed by atoms with E-state index in [0.717, 1.165) is 12.8 Å². The van der Waals surface area contributed by atoms with Gasteiger partial charge in [-0.15, -0.1) is 0 Å². The van der Waals surface area contributed by atoms with E-state index in [1.54, 1.807) is 12.5 Å². The van der Waals surface area contributed by atoms with E-state index in [1.165, 1.54) is 25.7 Å². The zero-order chi connectivity index (χ0) is 15.6. The fraction of sp³-hybridized carbons (Fsp3) is 0.750. The fourth-order valence-corrected chi connectivity index (χ4v) is 2.83. The van der Waals surface area contributed by atoms with E-state index in [2.05, 4.69) is 15.6 Å². The molecular weight excluding hydrogens is 280 g/mol. The van der Waals surface area contributed by atoms with Crippen LogP contribution in [0.2, 0.25) is 0 Å². The van der Waals surface area contributed by atoms with Crippen LogP contribution in [0.3, 0.4) is 0 Å². The molecule has 1 atom stereocenters. The highest BCUT2D eigenvalue weighted by Gasteiger charge is 2.12. The number of carbonyl (C=O) groups excluding carboxylic acids is 1. The standard InChI is InChI=1S/C16H28N4O2/c1-14(12-20-10-8-17-13-20)19-16(21)18-9-11-22-15-6-4-2-3-5-7-15/h8,10,13-15H,2-7,9,11-12H2,1H3,(H2,18,19,21)/t14-/m1/s1. The molecule has 0 bridgehead atoms. The number of ether oxygens (including phenoxy) is 1. The van der Waals surface area contributed by atoms with Crippen LogP contribution in [0.4, 0.5) is 4.79 Å². The lowest BCUT2D eigenvalue weighted by Gasteiger charge is -2.17. The minimum absolute atomic E-state index is 0.0528. The third-order valence-corrected chi connectivity index (χ3v) is 3.96. The maximum atomic E-state index is 11.8. The Labute approximate surface area is 132 Å². The van der Waals surface area contributed by atoms with Gasteiger partial charge < -0.3 is 19.9 Å². The maximum absolute atomic E-state index is 11.8. The topological polar surface area (TPSA) is 68.2 Å². The van der Waals surface area contributed by atoms with Crippen LogP contribution in [-0.2, 0) is 11.3 Å². The van der Waals surface area contributed by atoms with E-state index in [0.29, 0.717) is 25.8 Å². The molecule has 2 amide bonds. The molecule has 6 heteroatoms. The van der Waals surface area contributed by atoms with Crippen molar-refractivity contribution in [1.29, 1.82) is 0 Å². The van der Waals surface area contributed by atoms with Crippen molar-refractivity contribution >= 4 is 6.03 Å². The number of carbonyl (C=O) groups is 1. The molecule has 0 saturated heterocycles. The predicted molar refractivity (Wildman–Crippen MR) is 85.7 cm³/mol. The Morgan fingerprint density at radius 2 is 2.14 bits per heavy atom. The van der Waals surface area contributed by atoms with Crippen LogP contribution in [-0.4, -0.2) is 40.9 Å². The highest BCUT2D eigenvalue weighted by Crippen LogP contribution is 2.19. The van der Waals surface area contributed by atoms with Crippen molar-refractivity contribution in [2.75, 3.05) is 13.2 Å². The van der Waals surface area contributed by atoms with Crippen molar-refractivity contribution in [2.24, 2.45) is 0 Å². The molecule has 6 nitrogen and oxygen atoms in total. The third-order valence-electron chi connectivity index (χ3n) is 3.96. The molecule has 1 saturated carbocycles. The third kappa shape index (κ3) is 6.47. The summed E-state index contributed by atoms with van der Waals surface area (Å²) in [5.41, 5.74) is 0. The molecule has 0 aliphatic heterocycles. The molecule has 22 heavy (non-hydrogen) atoms. The van der Waals surface area contributed by atoms with Gasteiger partial charge in [0.25, 0.3) is 0 Å². The smallest absolute Gasteiger partial charge is 0.315 e. The summed E-state index contributed by atoms with van der Waals surface area (Å²) >= 11 is 0. The van der Waals surface area contributed by atoms with Gasteiger partial charge in [0.05, 0.1) is 19.0 Å². The Bertz CT molecular complexity index is 414. The molecular formula is C16H28N4O2. The van der Waals surface area contributed by atoms with Crippen molar-refractivity contribution in [1.82, 2.24) is 20.2 Å². The van der Waals surface area contributed by atoms with Gasteiger partial charge in [0.15, 0.2) is 0 Å². The first-order valence-electron chi connectivity index (χ1n) is 8.36. The largest absolute Gasteiger partial charge is 0.376 e. The van der Waals surface area contributed by atoms with Gasteiger partial charge in [-0.05, 0) is 19.8 Å². The predicted octanol–water partition coefficient (Wildman–Crippen LogP) is 2.31. The first-order valence-corrected chi connectivity index (χ1v) is 8.36. The summed E-state index contributed by atoms with van der Waals surface area (Å²) in [6, 6.07) is -0.0888. The van der Waals surface area contributed by atoms with Gasteiger partial charge in [0, 0.05) is 31.5 Å². The molecule has 2 N–H and O–H groups in total. The Morgan fingerprint density at radius 3 is 2.82 bits per heavy atom. The van der Waals surface area contributed by atoms with Crippen molar-refractivity contribution in [3.05, 3.63) is 18.7 Å². The summed E-state index contributed by atoms with van der Waals surface area (Å²) < 4.78 is 7.79. The van der Waals surface area contributed by atoms with Gasteiger partial charge in [-0.2, -0.15) is 0 Å². The molecule has 1 aliphatic carbocycles. The quantitative estimate of drug-likeness (QED) is 0.600. The number of hydrogen-bond donors (Lipinski definition) is 2. The Balaban J connectivity index is 1.53. The van der Waals surface area contributed by atoms with Crippen LogP contribution < -0.4 is 10.6 Å². The average Bonchev–Trinajstić information content (AvgIpc) is 2.85. The van der Waals surface area contributed by atoms with Crippen LogP contribution in [0.15, 0.2) is 18.7 Å². The van der Waals surface area contributed by atoms with Gasteiger partial charge in [-0.1, -0.05) is 25.7 Å². The van der Waals surface area contributed by atoms with Crippen LogP contribution in [0.25, 0.3) is 0 Å². The van der Waals surface area contributed by atoms with Gasteiger partial charge in [0.1, 0.15) is 0 Å². The number of aromatic nitrogens is 2. The van der Waals surface area contributed by atoms with Crippen LogP contribution in [0.1, 0.15) is 45.4 Å². The first kappa shape index (κ1) is 16.8. The summed E-state index contributed by atoms with van der Waals surface area (Å²) in [5.74, 6) is 0. The van der Waals surface area contributed by atoms with Crippen molar-refractivity contribution in [3.8, 4) is 0 Å². The van der Waals surface area contributed by atoms with Crippen LogP contribution >= 0.6 is 0 Å². The number of nitrogens with zero attached hydrogens (tertiary/aromatic N) is 2. The second-order valence-electron chi connectivity index (χ2n) is 6.05. The second kappa shape index (κ2) is 9.46. The van der Waals surface area contributed by atoms with E-state index in [4.69, 9.17) is 4.74 Å². The van der Waals surface area contributed by atoms with E-state index >= 15 is 0 Å². The summed E-state index contributed by atoms with van der Waals surface area (Å²) in [6.45, 7) is 3.84. The van der Waals surface area contributed by atoms with E-state index in [1.807, 2.05) is 17.7 Å². The lowest BCUT2D eigenvalue weighted by Crippen LogP contribution is -2.43. The lowest BCUT2D eigenvalue weighted by atomic mass is 10.1. The molecule has 0 aromatic carbocycles. The van der Waals surface area contributed by atoms with Crippen molar-refractivity contribution < 1.29 is 9.53 Å². The zero-order valence-electron chi connectivity index (χ0n) is 13.5. The van der Waals surface area contributed by atoms with Crippen LogP contribution in [0.5, 0.6) is 0 Å². The number of imidazole rings is 1. The molecule has 0 unspecified atom stereocenters. The number of urea groups is 1. The average molecular weight is 308 g/mol. The van der Waals surface area contributed by atoms with Crippen LogP contribution in [0, 0.1) is 0 Å². The first-order chi connectivity index (χ1) is 10.7. The summed E-state index contributed by atoms with van der Waals surface area (Å²) in [6.07, 6.45) is 13.3. The van der Waals surface area contributed by atoms with Crippen molar-refractivity contribution in [2.45, 2.75) is 64.1 Å². The molecule has 0 radical (unpaired) electrons. The summed E-state index contributed by atoms with van der Waals surface area (Å²) in [5, 5.41) is 5.76. The van der Waals surface area contributed by atoms with E-state index < -0.39 is 0 Å². The van der Waals surface area contributed by atoms with Gasteiger partial charge in [0.2, 0.25) is 0 Å². The number of nitrogens with one attached hydrogen (secondary N) is 2. The molecule has 1 aromatic heterocycles. The van der Waals surface area contributed by atoms with Gasteiger partial charge in [-0.25, -0.2) is 9.78 Å². The van der Waals surface area contributed by atoms with E-state index in [9.17, 15) is 4.79 Å². The number of amides is 2. The Hall–Kier alpha value is -1.56. The molecule has 1 aliphatic rings. The Morgan fingerprint density at radius 1 is 1.36 bits per heavy atom. The van der Waals surface area contributed by atoms with E-state index in [-0.39, 0.29) is 12.1 Å². The second-order valence-corrected chi connectivity index (χ2v) is 6.05. The minimum Gasteiger partial charge on any atom is -0.376 e. The number of rotatable bonds is 7. The SMILES string of the molecule is C[C@H](Cn1ccnc1)NC(=O)NCCOC1CCCCCC1. The molecule has 1 fully saturated rings. The molecule has 1 heterocycles. The fourth-order valence-electron chi connectivity index (χ4n) is 2.83. The highest BCUT2D eigenvalue weighted by atomic mass is 16.5. The molecule has 124 valence electrons. The minimum atomic E-state index is -0.142. The van der Waals surface area contributed by atoms with Gasteiger partial charge in [-0.3, -0.25) is 0 Å². The lowest BCUT2D eigenvalue weighted by molar-refractivity contribution is 0.0460. The molecule has 2 rings (SSSR count). The van der Waals surface area contributed by atoms with Crippen molar-refractivity contribution in [3.63, 3.8) is 0 Å². The normalized spacial score (nSPS) is 17.7. The zero-order valence-corrected chi connectivity index (χ0v) is 13.5. The maximum Gasteiger partial charge on any atom is 0.315 e. The monoisotopic (exact) mass is 308 g/mol. The number of hydrogen-bond acceptors (Lipinski definition) is 3. The summed E-state index contributed by atoms with van der Waals surface area (Å²) in [7, 11) is 0. The molecule has 0 spiro atoms.